The fourth-order valence-electron chi connectivity index (χ4n) is 4.21. The summed E-state index contributed by atoms with van der Waals surface area (Å²) in [5.41, 5.74) is -1.58. The molecule has 0 spiro atoms. The maximum Gasteiger partial charge on any atom is 0.329 e. The number of ether oxygens (including phenoxy) is 1. The molecule has 0 aromatic heterocycles. The van der Waals surface area contributed by atoms with Crippen LogP contribution in [0.2, 0.25) is 0 Å². The molecule has 0 saturated heterocycles. The summed E-state index contributed by atoms with van der Waals surface area (Å²) in [5.74, 6) is -2.86. The van der Waals surface area contributed by atoms with Gasteiger partial charge in [-0.1, -0.05) is 31.4 Å². The van der Waals surface area contributed by atoms with Gasteiger partial charge < -0.3 is 15.2 Å². The number of nitrogens with zero attached hydrogens (tertiary/aromatic N) is 1. The van der Waals surface area contributed by atoms with E-state index in [1.807, 2.05) is 0 Å². The zero-order chi connectivity index (χ0) is 23.5. The van der Waals surface area contributed by atoms with Gasteiger partial charge in [0, 0.05) is 6.07 Å². The van der Waals surface area contributed by atoms with Crippen molar-refractivity contribution in [3.63, 3.8) is 0 Å². The van der Waals surface area contributed by atoms with E-state index in [2.05, 4.69) is 5.32 Å². The monoisotopic (exact) mass is 444 g/mol. The first kappa shape index (κ1) is 23.2. The molecule has 1 amide bonds. The maximum absolute atomic E-state index is 14.1. The molecule has 3 rings (SSSR count). The molecule has 0 aliphatic heterocycles. The minimum atomic E-state index is -1.54. The lowest BCUT2D eigenvalue weighted by atomic mass is 9.75. The van der Waals surface area contributed by atoms with Gasteiger partial charge in [-0.05, 0) is 55.0 Å². The number of benzene rings is 2. The van der Waals surface area contributed by atoms with Gasteiger partial charge in [-0.2, -0.15) is 0 Å². The SMILES string of the molecule is COc1ccc(-c2ccc(C(=O)N[C@](C)(C(=O)O)C3CCCCC3)c([N+](=O)[O-])c2)cc1F. The summed E-state index contributed by atoms with van der Waals surface area (Å²) in [6.45, 7) is 1.45. The maximum atomic E-state index is 14.1. The van der Waals surface area contributed by atoms with E-state index in [1.54, 1.807) is 6.07 Å². The van der Waals surface area contributed by atoms with Crippen molar-refractivity contribution in [3.8, 4) is 16.9 Å². The Morgan fingerprint density at radius 3 is 2.34 bits per heavy atom. The summed E-state index contributed by atoms with van der Waals surface area (Å²) < 4.78 is 18.9. The van der Waals surface area contributed by atoms with Crippen molar-refractivity contribution in [2.45, 2.75) is 44.6 Å². The van der Waals surface area contributed by atoms with Gasteiger partial charge in [0.15, 0.2) is 11.6 Å². The average molecular weight is 444 g/mol. The normalized spacial score (nSPS) is 16.1. The molecular weight excluding hydrogens is 419 g/mol. The Balaban J connectivity index is 1.94. The number of carbonyl (C=O) groups excluding carboxylic acids is 1. The van der Waals surface area contributed by atoms with Crippen molar-refractivity contribution in [1.82, 2.24) is 5.32 Å². The quantitative estimate of drug-likeness (QED) is 0.477. The van der Waals surface area contributed by atoms with Gasteiger partial charge in [0.1, 0.15) is 11.1 Å². The highest BCUT2D eigenvalue weighted by Crippen LogP contribution is 2.34. The molecule has 2 aromatic carbocycles. The molecule has 0 heterocycles. The molecule has 32 heavy (non-hydrogen) atoms. The highest BCUT2D eigenvalue weighted by Gasteiger charge is 2.43. The number of halogens is 1. The van der Waals surface area contributed by atoms with Crippen molar-refractivity contribution in [2.75, 3.05) is 7.11 Å². The third-order valence-electron chi connectivity index (χ3n) is 6.16. The topological polar surface area (TPSA) is 119 Å². The van der Waals surface area contributed by atoms with Crippen LogP contribution in [0.15, 0.2) is 36.4 Å². The molecule has 0 radical (unpaired) electrons. The van der Waals surface area contributed by atoms with Gasteiger partial charge in [0.2, 0.25) is 0 Å². The van der Waals surface area contributed by atoms with Crippen LogP contribution in [0.3, 0.4) is 0 Å². The van der Waals surface area contributed by atoms with E-state index in [-0.39, 0.29) is 17.2 Å². The summed E-state index contributed by atoms with van der Waals surface area (Å²) in [5, 5.41) is 24.1. The molecule has 1 aliphatic carbocycles. The molecule has 2 N–H and O–H groups in total. The van der Waals surface area contributed by atoms with Crippen LogP contribution in [0, 0.1) is 21.8 Å². The summed E-state index contributed by atoms with van der Waals surface area (Å²) in [6, 6.07) is 8.03. The first-order chi connectivity index (χ1) is 15.2. The fraction of sp³-hybridized carbons (Fsp3) is 0.391. The molecular formula is C23H25FN2O6. The lowest BCUT2D eigenvalue weighted by molar-refractivity contribution is -0.385. The molecule has 0 unspecified atom stereocenters. The Labute approximate surface area is 184 Å². The van der Waals surface area contributed by atoms with Gasteiger partial charge in [0.25, 0.3) is 11.6 Å². The molecule has 1 saturated carbocycles. The molecule has 1 aliphatic rings. The van der Waals surface area contributed by atoms with Crippen molar-refractivity contribution in [2.24, 2.45) is 5.92 Å². The van der Waals surface area contributed by atoms with Crippen LogP contribution >= 0.6 is 0 Å². The zero-order valence-corrected chi connectivity index (χ0v) is 17.9. The second-order valence-corrected chi connectivity index (χ2v) is 8.13. The molecule has 1 fully saturated rings. The van der Waals surface area contributed by atoms with Crippen LogP contribution in [0.1, 0.15) is 49.4 Å². The zero-order valence-electron chi connectivity index (χ0n) is 17.9. The van der Waals surface area contributed by atoms with Gasteiger partial charge in [-0.25, -0.2) is 9.18 Å². The van der Waals surface area contributed by atoms with E-state index < -0.39 is 33.8 Å². The van der Waals surface area contributed by atoms with E-state index in [4.69, 9.17) is 4.74 Å². The van der Waals surface area contributed by atoms with Crippen LogP contribution in [0.4, 0.5) is 10.1 Å². The number of nitro groups is 1. The molecule has 8 nitrogen and oxygen atoms in total. The van der Waals surface area contributed by atoms with Gasteiger partial charge >= 0.3 is 5.97 Å². The third kappa shape index (κ3) is 4.56. The fourth-order valence-corrected chi connectivity index (χ4v) is 4.21. The highest BCUT2D eigenvalue weighted by atomic mass is 19.1. The minimum Gasteiger partial charge on any atom is -0.494 e. The number of nitrogens with one attached hydrogen (secondary N) is 1. The molecule has 9 heteroatoms. The first-order valence-corrected chi connectivity index (χ1v) is 10.4. The van der Waals surface area contributed by atoms with E-state index in [0.717, 1.165) is 19.3 Å². The largest absolute Gasteiger partial charge is 0.494 e. The number of nitro benzene ring substituents is 1. The third-order valence-corrected chi connectivity index (χ3v) is 6.16. The van der Waals surface area contributed by atoms with E-state index in [1.165, 1.54) is 44.4 Å². The smallest absolute Gasteiger partial charge is 0.329 e. The Morgan fingerprint density at radius 2 is 1.78 bits per heavy atom. The average Bonchev–Trinajstić information content (AvgIpc) is 2.78. The Morgan fingerprint density at radius 1 is 1.16 bits per heavy atom. The number of hydrogen-bond donors (Lipinski definition) is 2. The van der Waals surface area contributed by atoms with Gasteiger partial charge in [-0.3, -0.25) is 14.9 Å². The Kier molecular flexibility index (Phi) is 6.76. The minimum absolute atomic E-state index is 0.0370. The second-order valence-electron chi connectivity index (χ2n) is 8.13. The van der Waals surface area contributed by atoms with Crippen LogP contribution in [0.25, 0.3) is 11.1 Å². The van der Waals surface area contributed by atoms with Crippen molar-refractivity contribution < 1.29 is 28.7 Å². The second kappa shape index (κ2) is 9.33. The predicted molar refractivity (Wildman–Crippen MR) is 115 cm³/mol. The standard InChI is InChI=1S/C23H25FN2O6/c1-23(22(28)29,16-6-4-3-5-7-16)25-21(27)17-10-8-15(13-19(17)26(30)31)14-9-11-20(32-2)18(24)12-14/h8-13,16H,3-7H2,1-2H3,(H,25,27)(H,28,29)/t23-/m0/s1. The summed E-state index contributed by atoms with van der Waals surface area (Å²) in [4.78, 5) is 36.0. The molecule has 1 atom stereocenters. The number of carboxylic acids is 1. The Bertz CT molecular complexity index is 1050. The molecule has 0 bridgehead atoms. The van der Waals surface area contributed by atoms with Crippen molar-refractivity contribution in [1.29, 1.82) is 0 Å². The lowest BCUT2D eigenvalue weighted by Crippen LogP contribution is -2.57. The first-order valence-electron chi connectivity index (χ1n) is 10.4. The van der Waals surface area contributed by atoms with Crippen molar-refractivity contribution in [3.05, 3.63) is 57.9 Å². The van der Waals surface area contributed by atoms with E-state index >= 15 is 0 Å². The predicted octanol–water partition coefficient (Wildman–Crippen LogP) is 4.56. The number of carbonyl (C=O) groups is 2. The number of hydrogen-bond acceptors (Lipinski definition) is 5. The van der Waals surface area contributed by atoms with Crippen LogP contribution in [-0.4, -0.2) is 34.6 Å². The van der Waals surface area contributed by atoms with Gasteiger partial charge in [0.05, 0.1) is 12.0 Å². The van der Waals surface area contributed by atoms with E-state index in [9.17, 15) is 29.2 Å². The number of amides is 1. The van der Waals surface area contributed by atoms with Crippen LogP contribution in [0.5, 0.6) is 5.75 Å². The summed E-state index contributed by atoms with van der Waals surface area (Å²) in [7, 11) is 1.33. The summed E-state index contributed by atoms with van der Waals surface area (Å²) >= 11 is 0. The molecule has 170 valence electrons. The summed E-state index contributed by atoms with van der Waals surface area (Å²) in [6.07, 6.45) is 4.08. The number of aliphatic carboxylic acids is 1. The van der Waals surface area contributed by atoms with Crippen LogP contribution in [-0.2, 0) is 4.79 Å². The highest BCUT2D eigenvalue weighted by molar-refractivity contribution is 6.01. The number of methoxy groups -OCH3 is 1. The Hall–Kier alpha value is -3.49. The van der Waals surface area contributed by atoms with Crippen LogP contribution < -0.4 is 10.1 Å². The molecule has 2 aromatic rings. The van der Waals surface area contributed by atoms with E-state index in [0.29, 0.717) is 24.0 Å². The lowest BCUT2D eigenvalue weighted by Gasteiger charge is -2.37. The van der Waals surface area contributed by atoms with Gasteiger partial charge in [-0.15, -0.1) is 0 Å². The van der Waals surface area contributed by atoms with Crippen molar-refractivity contribution >= 4 is 17.6 Å². The number of rotatable bonds is 7. The number of carboxylic acid groups (broad SMARTS) is 1.